The zero-order valence-electron chi connectivity index (χ0n) is 11.3. The van der Waals surface area contributed by atoms with Crippen LogP contribution in [0.15, 0.2) is 12.1 Å². The van der Waals surface area contributed by atoms with Gasteiger partial charge in [0, 0.05) is 13.1 Å². The van der Waals surface area contributed by atoms with Gasteiger partial charge < -0.3 is 25.8 Å². The molecule has 10 heteroatoms. The number of alkyl halides is 3. The molecule has 1 aliphatic rings. The Morgan fingerprint density at radius 1 is 1.50 bits per heavy atom. The lowest BCUT2D eigenvalue weighted by molar-refractivity contribution is -0.174. The van der Waals surface area contributed by atoms with Gasteiger partial charge in [0.1, 0.15) is 24.1 Å². The number of nitrogens with zero attached hydrogens (tertiary/aromatic N) is 1. The molecule has 0 radical (unpaired) electrons. The number of hydrogen-bond donors (Lipinski definition) is 3. The Kier molecular flexibility index (Phi) is 3.77. The van der Waals surface area contributed by atoms with E-state index in [-0.39, 0.29) is 22.9 Å². The molecule has 1 aliphatic heterocycles. The van der Waals surface area contributed by atoms with Crippen molar-refractivity contribution in [3.8, 4) is 11.5 Å². The Hall–Kier alpha value is -2.65. The summed E-state index contributed by atoms with van der Waals surface area (Å²) < 4.78 is 42.0. The molecular weight excluding hydrogens is 307 g/mol. The molecule has 0 fully saturated rings. The van der Waals surface area contributed by atoms with Gasteiger partial charge in [-0.3, -0.25) is 9.59 Å². The number of amides is 2. The number of phenols is 1. The Bertz CT molecular complexity index is 633. The molecule has 2 amide bonds. The highest BCUT2D eigenvalue weighted by Gasteiger charge is 2.42. The maximum Gasteiger partial charge on any atom is 0.471 e. The zero-order valence-corrected chi connectivity index (χ0v) is 11.3. The molecule has 1 aromatic carbocycles. The van der Waals surface area contributed by atoms with Gasteiger partial charge in [-0.25, -0.2) is 0 Å². The van der Waals surface area contributed by atoms with Crippen molar-refractivity contribution in [3.05, 3.63) is 12.1 Å². The van der Waals surface area contributed by atoms with Gasteiger partial charge in [-0.2, -0.15) is 13.2 Å². The third-order valence-corrected chi connectivity index (χ3v) is 3.07. The minimum Gasteiger partial charge on any atom is -0.506 e. The fourth-order valence-electron chi connectivity index (χ4n) is 1.89. The van der Waals surface area contributed by atoms with Gasteiger partial charge in [0.2, 0.25) is 0 Å². The third-order valence-electron chi connectivity index (χ3n) is 3.07. The highest BCUT2D eigenvalue weighted by molar-refractivity contribution is 6.01. The standard InChI is InChI=1S/C12H12F3N3O4/c1-18-7-2-5(16)8(19)3-9(7)22-4-6(10(18)20)17-11(21)12(13,14)15/h2-3,6,19H,4,16H2,1H3,(H,17,21)/t6-/m0/s1. The van der Waals surface area contributed by atoms with Crippen molar-refractivity contribution >= 4 is 23.2 Å². The molecule has 22 heavy (non-hydrogen) atoms. The monoisotopic (exact) mass is 319 g/mol. The molecule has 1 heterocycles. The van der Waals surface area contributed by atoms with E-state index in [1.807, 2.05) is 0 Å². The second-order valence-corrected chi connectivity index (χ2v) is 4.61. The number of nitrogens with two attached hydrogens (primary N) is 1. The van der Waals surface area contributed by atoms with Crippen LogP contribution in [0.3, 0.4) is 0 Å². The maximum atomic E-state index is 12.3. The predicted octanol–water partition coefficient (Wildman–Crippen LogP) is 0.377. The van der Waals surface area contributed by atoms with Gasteiger partial charge in [-0.1, -0.05) is 0 Å². The number of fused-ring (bicyclic) bond motifs is 1. The summed E-state index contributed by atoms with van der Waals surface area (Å²) in [5.41, 5.74) is 5.66. The fraction of sp³-hybridized carbons (Fsp3) is 0.333. The van der Waals surface area contributed by atoms with Gasteiger partial charge >= 0.3 is 12.1 Å². The molecule has 1 aromatic rings. The normalized spacial score (nSPS) is 18.3. The van der Waals surface area contributed by atoms with Crippen LogP contribution in [0.1, 0.15) is 0 Å². The third kappa shape index (κ3) is 2.85. The summed E-state index contributed by atoms with van der Waals surface area (Å²) in [6, 6.07) is 0.869. The molecule has 1 atom stereocenters. The molecule has 2 rings (SSSR count). The second-order valence-electron chi connectivity index (χ2n) is 4.61. The first kappa shape index (κ1) is 15.7. The Morgan fingerprint density at radius 3 is 2.73 bits per heavy atom. The van der Waals surface area contributed by atoms with Crippen molar-refractivity contribution in [2.24, 2.45) is 0 Å². The number of nitrogen functional groups attached to an aromatic ring is 1. The van der Waals surface area contributed by atoms with Crippen molar-refractivity contribution < 1.29 is 32.6 Å². The fourth-order valence-corrected chi connectivity index (χ4v) is 1.89. The van der Waals surface area contributed by atoms with Crippen molar-refractivity contribution in [2.75, 3.05) is 24.3 Å². The van der Waals surface area contributed by atoms with Crippen LogP contribution in [0.25, 0.3) is 0 Å². The number of ether oxygens (including phenoxy) is 1. The predicted molar refractivity (Wildman–Crippen MR) is 69.4 cm³/mol. The van der Waals surface area contributed by atoms with Crippen LogP contribution in [0.2, 0.25) is 0 Å². The number of aromatic hydroxyl groups is 1. The minimum absolute atomic E-state index is 0.0280. The summed E-state index contributed by atoms with van der Waals surface area (Å²) in [4.78, 5) is 24.1. The Labute approximate surface area is 122 Å². The minimum atomic E-state index is -5.11. The van der Waals surface area contributed by atoms with Crippen LogP contribution in [0.5, 0.6) is 11.5 Å². The van der Waals surface area contributed by atoms with Crippen LogP contribution < -0.4 is 20.7 Å². The van der Waals surface area contributed by atoms with Crippen LogP contribution in [0, 0.1) is 0 Å². The number of halogens is 3. The van der Waals surface area contributed by atoms with Crippen LogP contribution in [-0.2, 0) is 9.59 Å². The number of likely N-dealkylation sites (N-methyl/N-ethyl adjacent to an activating group) is 1. The molecule has 0 saturated heterocycles. The Morgan fingerprint density at radius 2 is 2.14 bits per heavy atom. The summed E-state index contributed by atoms with van der Waals surface area (Å²) in [7, 11) is 1.29. The van der Waals surface area contributed by atoms with Crippen molar-refractivity contribution in [3.63, 3.8) is 0 Å². The van der Waals surface area contributed by atoms with E-state index in [0.29, 0.717) is 0 Å². The van der Waals surface area contributed by atoms with Crippen molar-refractivity contribution in [2.45, 2.75) is 12.2 Å². The number of hydrogen-bond acceptors (Lipinski definition) is 5. The van der Waals surface area contributed by atoms with E-state index in [1.165, 1.54) is 13.1 Å². The number of carbonyl (C=O) groups is 2. The summed E-state index contributed by atoms with van der Waals surface area (Å²) in [6.07, 6.45) is -5.11. The number of rotatable bonds is 1. The molecule has 0 unspecified atom stereocenters. The Balaban J connectivity index is 2.28. The van der Waals surface area contributed by atoms with Crippen molar-refractivity contribution in [1.29, 1.82) is 0 Å². The number of nitrogens with one attached hydrogen (secondary N) is 1. The van der Waals surface area contributed by atoms with Gasteiger partial charge in [-0.15, -0.1) is 0 Å². The first-order valence-corrected chi connectivity index (χ1v) is 6.02. The van der Waals surface area contributed by atoms with Gasteiger partial charge in [0.05, 0.1) is 11.4 Å². The summed E-state index contributed by atoms with van der Waals surface area (Å²) in [5, 5.41) is 11.1. The van der Waals surface area contributed by atoms with E-state index < -0.39 is 30.6 Å². The zero-order chi connectivity index (χ0) is 16.7. The number of benzene rings is 1. The van der Waals surface area contributed by atoms with E-state index in [2.05, 4.69) is 0 Å². The molecule has 0 spiro atoms. The molecule has 0 bridgehead atoms. The highest BCUT2D eigenvalue weighted by atomic mass is 19.4. The lowest BCUT2D eigenvalue weighted by Crippen LogP contribution is -2.52. The molecule has 0 saturated carbocycles. The summed E-state index contributed by atoms with van der Waals surface area (Å²) in [6.45, 7) is -0.513. The number of carbonyl (C=O) groups excluding carboxylic acids is 2. The first-order valence-electron chi connectivity index (χ1n) is 6.02. The highest BCUT2D eigenvalue weighted by Crippen LogP contribution is 2.37. The first-order chi connectivity index (χ1) is 10.1. The van der Waals surface area contributed by atoms with Gasteiger partial charge in [-0.05, 0) is 6.07 Å². The lowest BCUT2D eigenvalue weighted by Gasteiger charge is -2.21. The van der Waals surface area contributed by atoms with E-state index in [0.717, 1.165) is 11.0 Å². The second kappa shape index (κ2) is 5.28. The molecular formula is C12H12F3N3O4. The molecule has 4 N–H and O–H groups in total. The van der Waals surface area contributed by atoms with E-state index in [1.54, 1.807) is 5.32 Å². The quantitative estimate of drug-likeness (QED) is 0.512. The van der Waals surface area contributed by atoms with Crippen LogP contribution in [-0.4, -0.2) is 42.8 Å². The van der Waals surface area contributed by atoms with E-state index in [4.69, 9.17) is 10.5 Å². The molecule has 0 aliphatic carbocycles. The SMILES string of the molecule is CN1C(=O)[C@@H](NC(=O)C(F)(F)F)COc2cc(O)c(N)cc21. The van der Waals surface area contributed by atoms with Crippen molar-refractivity contribution in [1.82, 2.24) is 5.32 Å². The average molecular weight is 319 g/mol. The van der Waals surface area contributed by atoms with Crippen LogP contribution in [0.4, 0.5) is 24.5 Å². The van der Waals surface area contributed by atoms with Gasteiger partial charge in [0.25, 0.3) is 5.91 Å². The summed E-state index contributed by atoms with van der Waals surface area (Å²) >= 11 is 0. The number of anilines is 2. The largest absolute Gasteiger partial charge is 0.506 e. The molecule has 7 nitrogen and oxygen atoms in total. The number of phenolic OH excluding ortho intramolecular Hbond substituents is 1. The summed E-state index contributed by atoms with van der Waals surface area (Å²) in [5.74, 6) is -3.28. The molecule has 120 valence electrons. The van der Waals surface area contributed by atoms with E-state index >= 15 is 0 Å². The molecule has 0 aromatic heterocycles. The lowest BCUT2D eigenvalue weighted by atomic mass is 10.2. The van der Waals surface area contributed by atoms with E-state index in [9.17, 15) is 27.9 Å². The average Bonchev–Trinajstić information content (AvgIpc) is 2.52. The van der Waals surface area contributed by atoms with Gasteiger partial charge in [0.15, 0.2) is 0 Å². The maximum absolute atomic E-state index is 12.3. The smallest absolute Gasteiger partial charge is 0.471 e. The topological polar surface area (TPSA) is 105 Å². The van der Waals surface area contributed by atoms with Crippen LogP contribution >= 0.6 is 0 Å².